The minimum atomic E-state index is -0.905. The first-order valence-electron chi connectivity index (χ1n) is 12.2. The molecule has 1 aromatic heterocycles. The molecule has 7 nitrogen and oxygen atoms in total. The van der Waals surface area contributed by atoms with Crippen molar-refractivity contribution in [1.29, 1.82) is 0 Å². The summed E-state index contributed by atoms with van der Waals surface area (Å²) in [6, 6.07) is 10.3. The van der Waals surface area contributed by atoms with E-state index in [9.17, 15) is 4.79 Å². The molecule has 2 aromatic rings. The Morgan fingerprint density at radius 2 is 1.91 bits per heavy atom. The second-order valence-electron chi connectivity index (χ2n) is 9.94. The molecule has 0 bridgehead atoms. The number of aromatic nitrogens is 2. The molecule has 0 unspecified atom stereocenters. The van der Waals surface area contributed by atoms with Crippen LogP contribution in [-0.2, 0) is 32.0 Å². The first-order chi connectivity index (χ1) is 16.3. The summed E-state index contributed by atoms with van der Waals surface area (Å²) in [6.07, 6.45) is 6.18. The number of nitrogens with zero attached hydrogens (tertiary/aromatic N) is 2. The maximum Gasteiger partial charge on any atom is 0.329 e. The van der Waals surface area contributed by atoms with Gasteiger partial charge in [-0.25, -0.2) is 4.79 Å². The van der Waals surface area contributed by atoms with Gasteiger partial charge >= 0.3 is 5.97 Å². The Balaban J connectivity index is 1.42. The lowest BCUT2D eigenvalue weighted by molar-refractivity contribution is -0.143. The van der Waals surface area contributed by atoms with Gasteiger partial charge in [-0.1, -0.05) is 30.3 Å². The lowest BCUT2D eigenvalue weighted by Crippen LogP contribution is -2.24. The van der Waals surface area contributed by atoms with Crippen LogP contribution in [0, 0.1) is 11.8 Å². The molecule has 1 aliphatic carbocycles. The maximum atomic E-state index is 10.7. The summed E-state index contributed by atoms with van der Waals surface area (Å²) >= 11 is 3.87. The van der Waals surface area contributed by atoms with Crippen molar-refractivity contribution in [3.05, 3.63) is 40.5 Å². The van der Waals surface area contributed by atoms with Gasteiger partial charge in [-0.3, -0.25) is 4.68 Å². The number of halogens is 1. The van der Waals surface area contributed by atoms with Gasteiger partial charge in [0, 0.05) is 12.1 Å². The Morgan fingerprint density at radius 1 is 1.21 bits per heavy atom. The summed E-state index contributed by atoms with van der Waals surface area (Å²) in [5, 5.41) is 13.8. The van der Waals surface area contributed by atoms with Crippen LogP contribution in [-0.4, -0.2) is 52.6 Å². The zero-order valence-corrected chi connectivity index (χ0v) is 21.6. The van der Waals surface area contributed by atoms with Crippen LogP contribution in [0.2, 0.25) is 0 Å². The molecule has 186 valence electrons. The predicted molar refractivity (Wildman–Crippen MR) is 132 cm³/mol. The fraction of sp³-hybridized carbons (Fsp3) is 0.615. The molecule has 0 spiro atoms. The van der Waals surface area contributed by atoms with Gasteiger partial charge in [0.15, 0.2) is 5.79 Å². The van der Waals surface area contributed by atoms with Crippen LogP contribution in [0.5, 0.6) is 0 Å². The van der Waals surface area contributed by atoms with Crippen molar-refractivity contribution < 1.29 is 24.1 Å². The third-order valence-electron chi connectivity index (χ3n) is 6.79. The van der Waals surface area contributed by atoms with Gasteiger partial charge in [0.1, 0.15) is 12.3 Å². The Bertz CT molecular complexity index is 954. The highest BCUT2D eigenvalue weighted by atomic mass is 79.9. The zero-order valence-electron chi connectivity index (χ0n) is 20.0. The topological polar surface area (TPSA) is 82.8 Å². The zero-order chi connectivity index (χ0) is 24.1. The molecule has 1 saturated carbocycles. The van der Waals surface area contributed by atoms with Crippen molar-refractivity contribution in [2.75, 3.05) is 19.8 Å². The number of aliphatic carboxylic acids is 1. The monoisotopic (exact) mass is 534 g/mol. The largest absolute Gasteiger partial charge is 0.480 e. The Hall–Kier alpha value is -1.74. The summed E-state index contributed by atoms with van der Waals surface area (Å²) in [5.74, 6) is -0.417. The first-order valence-corrected chi connectivity index (χ1v) is 13.0. The Labute approximate surface area is 209 Å². The summed E-state index contributed by atoms with van der Waals surface area (Å²) in [5.41, 5.74) is 3.30. The van der Waals surface area contributed by atoms with Crippen LogP contribution in [0.15, 0.2) is 34.8 Å². The van der Waals surface area contributed by atoms with Crippen LogP contribution in [0.25, 0.3) is 11.3 Å². The van der Waals surface area contributed by atoms with Gasteiger partial charge in [0.25, 0.3) is 0 Å². The number of ether oxygens (including phenoxy) is 3. The molecular weight excluding hydrogens is 500 g/mol. The molecule has 4 rings (SSSR count). The summed E-state index contributed by atoms with van der Waals surface area (Å²) in [6.45, 7) is 5.76. The first kappa shape index (κ1) is 25.4. The normalized spacial score (nSPS) is 24.4. The van der Waals surface area contributed by atoms with Crippen LogP contribution in [0.3, 0.4) is 0 Å². The molecule has 1 saturated heterocycles. The third kappa shape index (κ3) is 6.68. The number of hydrogen-bond acceptors (Lipinski definition) is 5. The smallest absolute Gasteiger partial charge is 0.329 e. The molecule has 1 N–H and O–H groups in total. The fourth-order valence-electron chi connectivity index (χ4n) is 4.99. The van der Waals surface area contributed by atoms with Crippen molar-refractivity contribution in [2.24, 2.45) is 11.8 Å². The van der Waals surface area contributed by atoms with E-state index < -0.39 is 11.8 Å². The lowest BCUT2D eigenvalue weighted by atomic mass is 9.82. The van der Waals surface area contributed by atoms with Gasteiger partial charge < -0.3 is 19.3 Å². The molecule has 0 amide bonds. The molecule has 2 fully saturated rings. The third-order valence-corrected chi connectivity index (χ3v) is 7.62. The predicted octanol–water partition coefficient (Wildman–Crippen LogP) is 5.30. The van der Waals surface area contributed by atoms with Gasteiger partial charge in [0.05, 0.1) is 29.5 Å². The van der Waals surface area contributed by atoms with E-state index in [2.05, 4.69) is 32.7 Å². The van der Waals surface area contributed by atoms with E-state index in [4.69, 9.17) is 24.4 Å². The van der Waals surface area contributed by atoms with E-state index >= 15 is 0 Å². The number of benzene rings is 1. The summed E-state index contributed by atoms with van der Waals surface area (Å²) in [7, 11) is 0. The molecule has 1 aliphatic heterocycles. The Kier molecular flexibility index (Phi) is 8.45. The van der Waals surface area contributed by atoms with Crippen LogP contribution < -0.4 is 0 Å². The van der Waals surface area contributed by atoms with Crippen molar-refractivity contribution in [3.8, 4) is 11.3 Å². The average molecular weight is 535 g/mol. The molecule has 1 aromatic carbocycles. The average Bonchev–Trinajstić information content (AvgIpc) is 3.32. The van der Waals surface area contributed by atoms with Crippen molar-refractivity contribution in [3.63, 3.8) is 0 Å². The van der Waals surface area contributed by atoms with Crippen LogP contribution in [0.1, 0.15) is 51.6 Å². The molecule has 2 heterocycles. The summed E-state index contributed by atoms with van der Waals surface area (Å²) in [4.78, 5) is 10.7. The van der Waals surface area contributed by atoms with E-state index in [1.54, 1.807) is 0 Å². The van der Waals surface area contributed by atoms with Gasteiger partial charge in [-0.05, 0) is 80.1 Å². The van der Waals surface area contributed by atoms with Crippen molar-refractivity contribution in [1.82, 2.24) is 9.78 Å². The SMILES string of the molecule is CC1(C)OC[C@@H](CCc2c(Br)c(-c3ccccc3)nn2C[C@H]2CC[C@H](COCC(=O)O)CC2)O1. The number of carboxylic acids is 1. The maximum absolute atomic E-state index is 10.7. The van der Waals surface area contributed by atoms with E-state index in [1.165, 1.54) is 5.69 Å². The van der Waals surface area contributed by atoms with E-state index in [0.717, 1.165) is 60.8 Å². The van der Waals surface area contributed by atoms with E-state index in [0.29, 0.717) is 25.0 Å². The number of carboxylic acid groups (broad SMARTS) is 1. The highest BCUT2D eigenvalue weighted by Gasteiger charge is 2.33. The summed E-state index contributed by atoms with van der Waals surface area (Å²) < 4.78 is 20.4. The molecule has 1 atom stereocenters. The number of hydrogen-bond donors (Lipinski definition) is 1. The van der Waals surface area contributed by atoms with E-state index in [-0.39, 0.29) is 12.7 Å². The van der Waals surface area contributed by atoms with E-state index in [1.807, 2.05) is 32.0 Å². The fourth-order valence-corrected chi connectivity index (χ4v) is 5.70. The van der Waals surface area contributed by atoms with Gasteiger partial charge in [0.2, 0.25) is 0 Å². The number of rotatable bonds is 10. The highest BCUT2D eigenvalue weighted by molar-refractivity contribution is 9.10. The molecule has 8 heteroatoms. The Morgan fingerprint density at radius 3 is 2.56 bits per heavy atom. The molecular formula is C26H35BrN2O5. The minimum absolute atomic E-state index is 0.0895. The van der Waals surface area contributed by atoms with Gasteiger partial charge in [-0.2, -0.15) is 5.10 Å². The highest BCUT2D eigenvalue weighted by Crippen LogP contribution is 2.35. The quantitative estimate of drug-likeness (QED) is 0.445. The van der Waals surface area contributed by atoms with Gasteiger partial charge in [-0.15, -0.1) is 0 Å². The standard InChI is InChI=1S/C26H35BrN2O5/c1-26(2)33-16-21(34-26)12-13-22-24(27)25(20-6-4-3-5-7-20)28-29(22)14-18-8-10-19(11-9-18)15-32-17-23(30)31/h3-7,18-19,21H,8-17H2,1-2H3,(H,30,31)/t18-,19-,21-/m1/s1. The second kappa shape index (κ2) is 11.3. The van der Waals surface area contributed by atoms with Crippen LogP contribution >= 0.6 is 15.9 Å². The minimum Gasteiger partial charge on any atom is -0.480 e. The molecule has 2 aliphatic rings. The second-order valence-corrected chi connectivity index (χ2v) is 10.7. The molecule has 0 radical (unpaired) electrons. The van der Waals surface area contributed by atoms with Crippen molar-refractivity contribution in [2.45, 2.75) is 70.8 Å². The van der Waals surface area contributed by atoms with Crippen molar-refractivity contribution >= 4 is 21.9 Å². The van der Waals surface area contributed by atoms with Crippen LogP contribution in [0.4, 0.5) is 0 Å². The lowest BCUT2D eigenvalue weighted by Gasteiger charge is -2.28. The molecule has 34 heavy (non-hydrogen) atoms. The number of carbonyl (C=O) groups is 1.